The van der Waals surface area contributed by atoms with Crippen LogP contribution in [-0.2, 0) is 0 Å². The maximum atomic E-state index is 14.7. The van der Waals surface area contributed by atoms with E-state index >= 15 is 0 Å². The van der Waals surface area contributed by atoms with Gasteiger partial charge in [-0.2, -0.15) is 0 Å². The van der Waals surface area contributed by atoms with E-state index in [1.54, 1.807) is 6.07 Å². The van der Waals surface area contributed by atoms with Crippen molar-refractivity contribution in [3.8, 4) is 11.1 Å². The largest absolute Gasteiger partial charge is 0.206 e. The molecule has 0 aliphatic heterocycles. The molecule has 2 aromatic rings. The average Bonchev–Trinajstić information content (AvgIpc) is 2.79. The third-order valence-corrected chi connectivity index (χ3v) is 7.26. The first kappa shape index (κ1) is 23.8. The van der Waals surface area contributed by atoms with Gasteiger partial charge in [0.2, 0.25) is 0 Å². The first-order valence-electron chi connectivity index (χ1n) is 11.9. The Morgan fingerprint density at radius 3 is 1.68 bits per heavy atom. The van der Waals surface area contributed by atoms with E-state index in [-0.39, 0.29) is 11.1 Å². The lowest BCUT2D eigenvalue weighted by Gasteiger charge is -2.37. The van der Waals surface area contributed by atoms with Gasteiger partial charge >= 0.3 is 0 Å². The summed E-state index contributed by atoms with van der Waals surface area (Å²) in [5, 5.41) is 0. The molecule has 0 bridgehead atoms. The Hall–Kier alpha value is -1.84. The van der Waals surface area contributed by atoms with Crippen molar-refractivity contribution in [3.05, 3.63) is 59.2 Å². The van der Waals surface area contributed by atoms with Crippen molar-refractivity contribution in [2.75, 3.05) is 0 Å². The molecule has 4 rings (SSSR count). The summed E-state index contributed by atoms with van der Waals surface area (Å²) in [5.41, 5.74) is 1.06. The van der Waals surface area contributed by atoms with E-state index in [0.717, 1.165) is 48.3 Å². The molecular weight excluding hydrogens is 400 g/mol. The molecule has 31 heavy (non-hydrogen) atoms. The van der Waals surface area contributed by atoms with Gasteiger partial charge in [-0.15, -0.1) is 0 Å². The molecule has 2 saturated carbocycles. The summed E-state index contributed by atoms with van der Waals surface area (Å²) in [6, 6.07) is 6.58. The van der Waals surface area contributed by atoms with Crippen molar-refractivity contribution < 1.29 is 17.6 Å². The number of hydrogen-bond acceptors (Lipinski definition) is 0. The van der Waals surface area contributed by atoms with Gasteiger partial charge in [0.15, 0.2) is 17.5 Å². The summed E-state index contributed by atoms with van der Waals surface area (Å²) < 4.78 is 54.9. The quantitative estimate of drug-likeness (QED) is 0.334. The standard InChI is InChI=1S/C25H28F4.C2H6/c1-15-2-4-16(5-3-15)17-6-8-18(9-7-17)19-10-11-21(22(26)12-19)20-13-23(27)25(29)24(28)14-20;1-2/h10-18H,2-9H2,1H3;1-2H3. The van der Waals surface area contributed by atoms with Crippen LogP contribution in [0, 0.1) is 41.0 Å². The van der Waals surface area contributed by atoms with Crippen LogP contribution in [0.15, 0.2) is 30.3 Å². The van der Waals surface area contributed by atoms with Crippen LogP contribution >= 0.6 is 0 Å². The van der Waals surface area contributed by atoms with Gasteiger partial charge in [0.1, 0.15) is 5.82 Å². The molecule has 0 radical (unpaired) electrons. The Balaban J connectivity index is 0.00000132. The summed E-state index contributed by atoms with van der Waals surface area (Å²) in [4.78, 5) is 0. The molecule has 0 atom stereocenters. The van der Waals surface area contributed by atoms with E-state index in [9.17, 15) is 17.6 Å². The Labute approximate surface area is 184 Å². The molecule has 0 heterocycles. The number of benzene rings is 2. The molecule has 2 aromatic carbocycles. The van der Waals surface area contributed by atoms with Gasteiger partial charge in [0.05, 0.1) is 0 Å². The van der Waals surface area contributed by atoms with Crippen molar-refractivity contribution in [2.24, 2.45) is 17.8 Å². The van der Waals surface area contributed by atoms with Gasteiger partial charge in [-0.3, -0.25) is 0 Å². The molecule has 0 spiro atoms. The van der Waals surface area contributed by atoms with E-state index < -0.39 is 23.3 Å². The van der Waals surface area contributed by atoms with Gasteiger partial charge < -0.3 is 0 Å². The fourth-order valence-corrected chi connectivity index (χ4v) is 5.41. The van der Waals surface area contributed by atoms with E-state index in [1.165, 1.54) is 44.6 Å². The topological polar surface area (TPSA) is 0 Å². The number of rotatable bonds is 3. The fraction of sp³-hybridized carbons (Fsp3) is 0.556. The van der Waals surface area contributed by atoms with Crippen LogP contribution in [0.2, 0.25) is 0 Å². The summed E-state index contributed by atoms with van der Waals surface area (Å²) >= 11 is 0. The average molecular weight is 435 g/mol. The second-order valence-corrected chi connectivity index (χ2v) is 9.12. The lowest BCUT2D eigenvalue weighted by atomic mass is 9.68. The highest BCUT2D eigenvalue weighted by Crippen LogP contribution is 2.44. The molecule has 0 saturated heterocycles. The number of halogens is 4. The zero-order valence-corrected chi connectivity index (χ0v) is 18.9. The van der Waals surface area contributed by atoms with E-state index in [4.69, 9.17) is 0 Å². The van der Waals surface area contributed by atoms with Gasteiger partial charge in [0.25, 0.3) is 0 Å². The lowest BCUT2D eigenvalue weighted by molar-refractivity contribution is 0.165. The molecule has 0 N–H and O–H groups in total. The van der Waals surface area contributed by atoms with Crippen molar-refractivity contribution >= 4 is 0 Å². The lowest BCUT2D eigenvalue weighted by Crippen LogP contribution is -2.24. The molecular formula is C27H34F4. The van der Waals surface area contributed by atoms with Gasteiger partial charge in [0, 0.05) is 5.56 Å². The molecule has 170 valence electrons. The molecule has 0 unspecified atom stereocenters. The van der Waals surface area contributed by atoms with Crippen LogP contribution in [0.1, 0.15) is 83.6 Å². The van der Waals surface area contributed by atoms with Crippen LogP contribution in [-0.4, -0.2) is 0 Å². The highest BCUT2D eigenvalue weighted by Gasteiger charge is 2.30. The van der Waals surface area contributed by atoms with E-state index in [2.05, 4.69) is 6.92 Å². The normalized spacial score (nSPS) is 26.2. The number of hydrogen-bond donors (Lipinski definition) is 0. The van der Waals surface area contributed by atoms with Crippen molar-refractivity contribution in [1.82, 2.24) is 0 Å². The third-order valence-electron chi connectivity index (χ3n) is 7.26. The monoisotopic (exact) mass is 434 g/mol. The minimum absolute atomic E-state index is 0.0145. The van der Waals surface area contributed by atoms with Crippen LogP contribution in [0.3, 0.4) is 0 Å². The Bertz CT molecular complexity index is 837. The molecule has 2 fully saturated rings. The molecule has 2 aliphatic carbocycles. The zero-order chi connectivity index (χ0) is 22.5. The predicted molar refractivity (Wildman–Crippen MR) is 119 cm³/mol. The van der Waals surface area contributed by atoms with Gasteiger partial charge in [-0.05, 0) is 91.5 Å². The maximum absolute atomic E-state index is 14.7. The SMILES string of the molecule is CC.CC1CCC(C2CCC(c3ccc(-c4cc(F)c(F)c(F)c4)c(F)c3)CC2)CC1. The summed E-state index contributed by atoms with van der Waals surface area (Å²) in [5.74, 6) is -1.81. The Morgan fingerprint density at radius 2 is 1.16 bits per heavy atom. The minimum Gasteiger partial charge on any atom is -0.206 e. The van der Waals surface area contributed by atoms with Gasteiger partial charge in [-0.25, -0.2) is 17.6 Å². The Morgan fingerprint density at radius 1 is 0.645 bits per heavy atom. The third kappa shape index (κ3) is 5.51. The first-order chi connectivity index (χ1) is 14.9. The minimum atomic E-state index is -1.53. The van der Waals surface area contributed by atoms with E-state index in [1.807, 2.05) is 19.9 Å². The van der Waals surface area contributed by atoms with Crippen LogP contribution < -0.4 is 0 Å². The second kappa shape index (κ2) is 10.7. The van der Waals surface area contributed by atoms with Crippen LogP contribution in [0.25, 0.3) is 11.1 Å². The Kier molecular flexibility index (Phi) is 8.18. The van der Waals surface area contributed by atoms with Crippen LogP contribution in [0.5, 0.6) is 0 Å². The molecule has 0 aromatic heterocycles. The highest BCUT2D eigenvalue weighted by atomic mass is 19.2. The molecule has 2 aliphatic rings. The van der Waals surface area contributed by atoms with Crippen LogP contribution in [0.4, 0.5) is 17.6 Å². The fourth-order valence-electron chi connectivity index (χ4n) is 5.41. The molecule has 4 heteroatoms. The van der Waals surface area contributed by atoms with Gasteiger partial charge in [-0.1, -0.05) is 45.7 Å². The summed E-state index contributed by atoms with van der Waals surface area (Å²) in [6.45, 7) is 6.35. The molecule has 0 nitrogen and oxygen atoms in total. The predicted octanol–water partition coefficient (Wildman–Crippen LogP) is 9.04. The molecule has 0 amide bonds. The van der Waals surface area contributed by atoms with Crippen molar-refractivity contribution in [1.29, 1.82) is 0 Å². The maximum Gasteiger partial charge on any atom is 0.194 e. The van der Waals surface area contributed by atoms with Crippen molar-refractivity contribution in [2.45, 2.75) is 78.1 Å². The first-order valence-corrected chi connectivity index (χ1v) is 11.9. The van der Waals surface area contributed by atoms with Crippen molar-refractivity contribution in [3.63, 3.8) is 0 Å². The smallest absolute Gasteiger partial charge is 0.194 e. The zero-order valence-electron chi connectivity index (χ0n) is 18.9. The second-order valence-electron chi connectivity index (χ2n) is 9.12. The summed E-state index contributed by atoms with van der Waals surface area (Å²) in [6.07, 6.45) is 9.92. The van der Waals surface area contributed by atoms with E-state index in [0.29, 0.717) is 5.92 Å². The summed E-state index contributed by atoms with van der Waals surface area (Å²) in [7, 11) is 0. The highest BCUT2D eigenvalue weighted by molar-refractivity contribution is 5.65.